The number of hydrogen-bond donors (Lipinski definition) is 1. The van der Waals surface area contributed by atoms with Crippen LogP contribution in [0.15, 0.2) is 54.0 Å². The molecule has 1 aromatic carbocycles. The van der Waals surface area contributed by atoms with Crippen LogP contribution in [0.25, 0.3) is 11.4 Å². The van der Waals surface area contributed by atoms with E-state index < -0.39 is 0 Å². The summed E-state index contributed by atoms with van der Waals surface area (Å²) in [4.78, 5) is 21.9. The largest absolute Gasteiger partial charge is 0.296 e. The third-order valence-corrected chi connectivity index (χ3v) is 5.89. The number of carbonyl (C=O) groups is 1. The van der Waals surface area contributed by atoms with Crippen molar-refractivity contribution in [2.24, 2.45) is 0 Å². The number of aryl methyl sites for hydroxylation is 2. The maximum absolute atomic E-state index is 13.0. The Hall–Kier alpha value is -3.03. The van der Waals surface area contributed by atoms with Crippen LogP contribution in [0.3, 0.4) is 0 Å². The molecule has 0 radical (unpaired) electrons. The van der Waals surface area contributed by atoms with Gasteiger partial charge in [0.15, 0.2) is 5.13 Å². The number of nitrogens with zero attached hydrogens (tertiary/aromatic N) is 4. The summed E-state index contributed by atoms with van der Waals surface area (Å²) in [6.07, 6.45) is 1.73. The van der Waals surface area contributed by atoms with E-state index in [2.05, 4.69) is 20.4 Å². The average Bonchev–Trinajstić information content (AvgIpc) is 3.35. The fourth-order valence-electron chi connectivity index (χ4n) is 3.28. The molecule has 1 atom stereocenters. The highest BCUT2D eigenvalue weighted by molar-refractivity contribution is 7.14. The summed E-state index contributed by atoms with van der Waals surface area (Å²) in [5.74, 6) is -0.270. The van der Waals surface area contributed by atoms with Crippen LogP contribution in [0.4, 0.5) is 5.13 Å². The zero-order valence-electron chi connectivity index (χ0n) is 16.8. The monoisotopic (exact) mass is 437 g/mol. The van der Waals surface area contributed by atoms with Crippen molar-refractivity contribution in [3.63, 3.8) is 0 Å². The number of carbonyl (C=O) groups excluding carboxylic acids is 1. The molecule has 0 saturated heterocycles. The van der Waals surface area contributed by atoms with Gasteiger partial charge in [-0.15, -0.1) is 11.3 Å². The molecule has 1 amide bonds. The van der Waals surface area contributed by atoms with Crippen molar-refractivity contribution in [1.82, 2.24) is 19.7 Å². The standard InChI is InChI=1S/C22H20ClN5OS/c1-13-7-6-10-24-20(13)18-12-30-22(25-18)26-21(29)19-11-14(2)27-28(19)15(3)16-8-4-5-9-17(16)23/h4-12,15H,1-3H3,(H,25,26,29). The SMILES string of the molecule is Cc1cc(C(=O)Nc2nc(-c3ncccc3C)cs2)n(C(C)c2ccccc2Cl)n1. The number of anilines is 1. The molecule has 3 aromatic heterocycles. The van der Waals surface area contributed by atoms with Crippen molar-refractivity contribution in [3.05, 3.63) is 81.6 Å². The summed E-state index contributed by atoms with van der Waals surface area (Å²) < 4.78 is 1.70. The Morgan fingerprint density at radius 3 is 2.77 bits per heavy atom. The van der Waals surface area contributed by atoms with Crippen molar-refractivity contribution in [1.29, 1.82) is 0 Å². The number of halogens is 1. The Morgan fingerprint density at radius 2 is 2.00 bits per heavy atom. The topological polar surface area (TPSA) is 72.7 Å². The third kappa shape index (κ3) is 3.99. The quantitative estimate of drug-likeness (QED) is 0.445. The molecule has 0 aliphatic heterocycles. The molecule has 0 saturated carbocycles. The van der Waals surface area contributed by atoms with Crippen LogP contribution in [0.1, 0.15) is 40.3 Å². The average molecular weight is 438 g/mol. The lowest BCUT2D eigenvalue weighted by molar-refractivity contribution is 0.101. The van der Waals surface area contributed by atoms with E-state index in [1.165, 1.54) is 11.3 Å². The minimum absolute atomic E-state index is 0.198. The molecule has 30 heavy (non-hydrogen) atoms. The van der Waals surface area contributed by atoms with Crippen molar-refractivity contribution in [2.75, 3.05) is 5.32 Å². The van der Waals surface area contributed by atoms with Gasteiger partial charge in [0.1, 0.15) is 11.4 Å². The molecule has 0 aliphatic carbocycles. The van der Waals surface area contributed by atoms with Crippen molar-refractivity contribution in [3.8, 4) is 11.4 Å². The van der Waals surface area contributed by atoms with Gasteiger partial charge in [0, 0.05) is 16.6 Å². The zero-order valence-corrected chi connectivity index (χ0v) is 18.3. The fourth-order valence-corrected chi connectivity index (χ4v) is 4.27. The third-order valence-electron chi connectivity index (χ3n) is 4.79. The Labute approximate surface area is 183 Å². The first kappa shape index (κ1) is 20.3. The van der Waals surface area contributed by atoms with Gasteiger partial charge < -0.3 is 0 Å². The molecule has 4 rings (SSSR count). The number of aromatic nitrogens is 4. The lowest BCUT2D eigenvalue weighted by atomic mass is 10.1. The van der Waals surface area contributed by atoms with Gasteiger partial charge in [0.2, 0.25) is 0 Å². The van der Waals surface area contributed by atoms with E-state index in [4.69, 9.17) is 11.6 Å². The summed E-state index contributed by atoms with van der Waals surface area (Å²) in [6, 6.07) is 13.0. The van der Waals surface area contributed by atoms with Gasteiger partial charge in [0.25, 0.3) is 5.91 Å². The number of amides is 1. The maximum Gasteiger partial charge on any atom is 0.275 e. The first-order valence-electron chi connectivity index (χ1n) is 9.43. The molecule has 0 bridgehead atoms. The summed E-state index contributed by atoms with van der Waals surface area (Å²) in [7, 11) is 0. The normalized spacial score (nSPS) is 12.0. The molecule has 0 fully saturated rings. The second-order valence-corrected chi connectivity index (χ2v) is 8.24. The van der Waals surface area contributed by atoms with Crippen molar-refractivity contribution >= 4 is 34.0 Å². The van der Waals surface area contributed by atoms with E-state index in [1.807, 2.05) is 62.5 Å². The highest BCUT2D eigenvalue weighted by Crippen LogP contribution is 2.28. The Morgan fingerprint density at radius 1 is 1.20 bits per heavy atom. The highest BCUT2D eigenvalue weighted by atomic mass is 35.5. The van der Waals surface area contributed by atoms with Gasteiger partial charge >= 0.3 is 0 Å². The maximum atomic E-state index is 13.0. The smallest absolute Gasteiger partial charge is 0.275 e. The van der Waals surface area contributed by atoms with Crippen LogP contribution in [0.2, 0.25) is 5.02 Å². The van der Waals surface area contributed by atoms with Gasteiger partial charge in [-0.2, -0.15) is 5.10 Å². The zero-order chi connectivity index (χ0) is 21.3. The van der Waals surface area contributed by atoms with Crippen LogP contribution in [-0.4, -0.2) is 25.7 Å². The molecular weight excluding hydrogens is 418 g/mol. The second kappa shape index (κ2) is 8.38. The van der Waals surface area contributed by atoms with Crippen LogP contribution in [-0.2, 0) is 0 Å². The van der Waals surface area contributed by atoms with Gasteiger partial charge in [-0.05, 0) is 50.1 Å². The van der Waals surface area contributed by atoms with Crippen LogP contribution >= 0.6 is 22.9 Å². The van der Waals surface area contributed by atoms with Crippen LogP contribution in [0, 0.1) is 13.8 Å². The summed E-state index contributed by atoms with van der Waals surface area (Å²) in [5.41, 5.74) is 4.68. The van der Waals surface area contributed by atoms with E-state index in [0.29, 0.717) is 15.8 Å². The fraction of sp³-hybridized carbons (Fsp3) is 0.182. The van der Waals surface area contributed by atoms with Gasteiger partial charge in [-0.3, -0.25) is 19.8 Å². The lowest BCUT2D eigenvalue weighted by Crippen LogP contribution is -2.20. The molecule has 6 nitrogen and oxygen atoms in total. The highest BCUT2D eigenvalue weighted by Gasteiger charge is 2.21. The molecule has 0 aliphatic rings. The molecular formula is C22H20ClN5OS. The molecule has 0 spiro atoms. The molecule has 4 aromatic rings. The lowest BCUT2D eigenvalue weighted by Gasteiger charge is -2.17. The van der Waals surface area contributed by atoms with E-state index in [9.17, 15) is 4.79 Å². The minimum Gasteiger partial charge on any atom is -0.296 e. The molecule has 1 N–H and O–H groups in total. The number of thiazole rings is 1. The number of benzene rings is 1. The van der Waals surface area contributed by atoms with Crippen LogP contribution < -0.4 is 5.32 Å². The molecule has 152 valence electrons. The number of rotatable bonds is 5. The van der Waals surface area contributed by atoms with Gasteiger partial charge in [-0.25, -0.2) is 4.98 Å². The Balaban J connectivity index is 1.60. The van der Waals surface area contributed by atoms with E-state index in [0.717, 1.165) is 28.2 Å². The predicted octanol–water partition coefficient (Wildman–Crippen LogP) is 5.53. The molecule has 3 heterocycles. The number of hydrogen-bond acceptors (Lipinski definition) is 5. The summed E-state index contributed by atoms with van der Waals surface area (Å²) >= 11 is 7.72. The first-order chi connectivity index (χ1) is 14.4. The molecule has 1 unspecified atom stereocenters. The van der Waals surface area contributed by atoms with Crippen LogP contribution in [0.5, 0.6) is 0 Å². The predicted molar refractivity (Wildman–Crippen MR) is 120 cm³/mol. The van der Waals surface area contributed by atoms with E-state index in [1.54, 1.807) is 16.9 Å². The second-order valence-electron chi connectivity index (χ2n) is 6.97. The van der Waals surface area contributed by atoms with E-state index >= 15 is 0 Å². The minimum atomic E-state index is -0.270. The van der Waals surface area contributed by atoms with E-state index in [-0.39, 0.29) is 11.9 Å². The molecule has 8 heteroatoms. The van der Waals surface area contributed by atoms with Gasteiger partial charge in [0.05, 0.1) is 17.4 Å². The van der Waals surface area contributed by atoms with Gasteiger partial charge in [-0.1, -0.05) is 35.9 Å². The Kier molecular flexibility index (Phi) is 5.65. The summed E-state index contributed by atoms with van der Waals surface area (Å²) in [6.45, 7) is 5.81. The first-order valence-corrected chi connectivity index (χ1v) is 10.7. The van der Waals surface area contributed by atoms with Crippen molar-refractivity contribution < 1.29 is 4.79 Å². The Bertz CT molecular complexity index is 1220. The number of nitrogens with one attached hydrogen (secondary N) is 1. The summed E-state index contributed by atoms with van der Waals surface area (Å²) in [5, 5.41) is 10.5. The number of pyridine rings is 1. The van der Waals surface area contributed by atoms with Crippen molar-refractivity contribution in [2.45, 2.75) is 26.8 Å².